The molecule has 4 rings (SSSR count). The van der Waals surface area contributed by atoms with Crippen LogP contribution in [0.4, 0.5) is 17.1 Å². The molecule has 0 aliphatic heterocycles. The van der Waals surface area contributed by atoms with E-state index in [1.165, 1.54) is 61.2 Å². The summed E-state index contributed by atoms with van der Waals surface area (Å²) in [5.41, 5.74) is 0.995. The van der Waals surface area contributed by atoms with Gasteiger partial charge in [-0.3, -0.25) is 14.9 Å². The minimum absolute atomic E-state index is 0.0782. The van der Waals surface area contributed by atoms with Crippen molar-refractivity contribution in [3.63, 3.8) is 0 Å². The van der Waals surface area contributed by atoms with Gasteiger partial charge in [0, 0.05) is 34.9 Å². The summed E-state index contributed by atoms with van der Waals surface area (Å²) in [6.45, 7) is 0. The molecule has 180 valence electrons. The Hall–Kier alpha value is -4.09. The molecule has 0 fully saturated rings. The number of carbonyl (C=O) groups excluding carboxylic acids is 1. The van der Waals surface area contributed by atoms with E-state index in [4.69, 9.17) is 16.3 Å². The van der Waals surface area contributed by atoms with E-state index in [9.17, 15) is 23.3 Å². The predicted octanol–water partition coefficient (Wildman–Crippen LogP) is 4.61. The third kappa shape index (κ3) is 4.77. The molecule has 0 bridgehead atoms. The van der Waals surface area contributed by atoms with Crippen LogP contribution < -0.4 is 14.8 Å². The Morgan fingerprint density at radius 2 is 1.71 bits per heavy atom. The van der Waals surface area contributed by atoms with Crippen LogP contribution in [0.15, 0.2) is 71.6 Å². The predicted molar refractivity (Wildman–Crippen MR) is 132 cm³/mol. The first-order chi connectivity index (χ1) is 16.6. The van der Waals surface area contributed by atoms with E-state index in [1.54, 1.807) is 24.3 Å². The van der Waals surface area contributed by atoms with Crippen molar-refractivity contribution >= 4 is 55.5 Å². The summed E-state index contributed by atoms with van der Waals surface area (Å²) in [5, 5.41) is 15.7. The van der Waals surface area contributed by atoms with E-state index in [0.29, 0.717) is 27.5 Å². The normalized spacial score (nSPS) is 11.3. The molecular formula is C23H19ClN4O6S. The van der Waals surface area contributed by atoms with E-state index in [-0.39, 0.29) is 21.8 Å². The zero-order valence-corrected chi connectivity index (χ0v) is 20.1. The Morgan fingerprint density at radius 1 is 1.06 bits per heavy atom. The van der Waals surface area contributed by atoms with Gasteiger partial charge >= 0.3 is 0 Å². The fraction of sp³-hybridized carbons (Fsp3) is 0.0870. The number of benzene rings is 3. The van der Waals surface area contributed by atoms with Crippen molar-refractivity contribution in [3.05, 3.63) is 87.6 Å². The van der Waals surface area contributed by atoms with Crippen LogP contribution in [0, 0.1) is 10.1 Å². The summed E-state index contributed by atoms with van der Waals surface area (Å²) in [7, 11) is -1.31. The number of rotatable bonds is 7. The Labute approximate surface area is 205 Å². The summed E-state index contributed by atoms with van der Waals surface area (Å²) in [6, 6.07) is 16.6. The molecule has 35 heavy (non-hydrogen) atoms. The number of anilines is 2. The molecule has 2 N–H and O–H groups in total. The smallest absolute Gasteiger partial charge is 0.293 e. The fourth-order valence-electron chi connectivity index (χ4n) is 3.60. The van der Waals surface area contributed by atoms with Crippen LogP contribution in [-0.2, 0) is 17.1 Å². The third-order valence-corrected chi connectivity index (χ3v) is 6.92. The number of non-ortho nitro benzene ring substituents is 1. The van der Waals surface area contributed by atoms with Crippen molar-refractivity contribution < 1.29 is 22.9 Å². The Balaban J connectivity index is 1.75. The van der Waals surface area contributed by atoms with Crippen LogP contribution in [0.3, 0.4) is 0 Å². The number of methoxy groups -OCH3 is 1. The van der Waals surface area contributed by atoms with Gasteiger partial charge < -0.3 is 14.6 Å². The number of nitro groups is 1. The number of carbonyl (C=O) groups is 1. The first kappa shape index (κ1) is 24.0. The first-order valence-corrected chi connectivity index (χ1v) is 12.0. The highest BCUT2D eigenvalue weighted by Crippen LogP contribution is 2.35. The number of amides is 1. The highest BCUT2D eigenvalue weighted by Gasteiger charge is 2.26. The monoisotopic (exact) mass is 514 g/mol. The van der Waals surface area contributed by atoms with Crippen LogP contribution in [-0.4, -0.2) is 30.9 Å². The second kappa shape index (κ2) is 9.28. The molecule has 12 heteroatoms. The lowest BCUT2D eigenvalue weighted by Crippen LogP contribution is -2.31. The van der Waals surface area contributed by atoms with E-state index < -0.39 is 20.9 Å². The minimum Gasteiger partial charge on any atom is -0.497 e. The molecular weight excluding hydrogens is 496 g/mol. The number of aromatic nitrogens is 1. The fourth-order valence-corrected chi connectivity index (χ4v) is 4.69. The summed E-state index contributed by atoms with van der Waals surface area (Å²) in [4.78, 5) is 24.0. The number of hydrogen-bond donors (Lipinski definition) is 2. The van der Waals surface area contributed by atoms with Gasteiger partial charge in [0.05, 0.1) is 16.9 Å². The molecule has 0 aliphatic rings. The third-order valence-electron chi connectivity index (χ3n) is 5.32. The lowest BCUT2D eigenvalue weighted by atomic mass is 10.1. The first-order valence-electron chi connectivity index (χ1n) is 10.1. The molecule has 1 heterocycles. The summed E-state index contributed by atoms with van der Waals surface area (Å²) >= 11 is 5.93. The molecule has 3 aromatic carbocycles. The molecule has 0 saturated carbocycles. The molecule has 10 nitrogen and oxygen atoms in total. The molecule has 0 spiro atoms. The van der Waals surface area contributed by atoms with Crippen LogP contribution in [0.5, 0.6) is 5.75 Å². The molecule has 0 unspecified atom stereocenters. The number of hydrogen-bond acceptors (Lipinski definition) is 7. The van der Waals surface area contributed by atoms with Crippen LogP contribution >= 0.6 is 11.6 Å². The van der Waals surface area contributed by atoms with Gasteiger partial charge in [-0.05, 0) is 60.7 Å². The van der Waals surface area contributed by atoms with E-state index >= 15 is 0 Å². The zero-order chi connectivity index (χ0) is 25.3. The second-order valence-corrected chi connectivity index (χ2v) is 9.60. The van der Waals surface area contributed by atoms with Gasteiger partial charge in [0.15, 0.2) is 0 Å². The quantitative estimate of drug-likeness (QED) is 0.272. The van der Waals surface area contributed by atoms with Gasteiger partial charge in [-0.1, -0.05) is 11.6 Å². The van der Waals surface area contributed by atoms with Crippen molar-refractivity contribution in [2.45, 2.75) is 4.90 Å². The minimum atomic E-state index is -4.21. The maximum atomic E-state index is 13.0. The summed E-state index contributed by atoms with van der Waals surface area (Å²) in [5.74, 6) is -0.483. The largest absolute Gasteiger partial charge is 0.497 e. The van der Waals surface area contributed by atoms with Gasteiger partial charge in [0.2, 0.25) is 0 Å². The van der Waals surface area contributed by atoms with Crippen molar-refractivity contribution in [3.8, 4) is 5.75 Å². The number of sulfonamides is 1. The molecule has 1 amide bonds. The average molecular weight is 515 g/mol. The number of nitro benzene ring substituents is 1. The molecule has 1 aromatic heterocycles. The zero-order valence-electron chi connectivity index (χ0n) is 18.5. The second-order valence-electron chi connectivity index (χ2n) is 7.48. The highest BCUT2D eigenvalue weighted by molar-refractivity contribution is 7.90. The van der Waals surface area contributed by atoms with E-state index in [1.807, 2.05) is 4.72 Å². The average Bonchev–Trinajstić information content (AvgIpc) is 3.18. The number of nitrogens with one attached hydrogen (secondary N) is 2. The van der Waals surface area contributed by atoms with Crippen LogP contribution in [0.2, 0.25) is 5.02 Å². The molecule has 4 aromatic rings. The lowest BCUT2D eigenvalue weighted by Gasteiger charge is -2.09. The van der Waals surface area contributed by atoms with E-state index in [0.717, 1.165) is 0 Å². The maximum Gasteiger partial charge on any atom is 0.293 e. The highest BCUT2D eigenvalue weighted by atomic mass is 35.5. The Morgan fingerprint density at radius 3 is 2.31 bits per heavy atom. The number of nitrogens with zero attached hydrogens (tertiary/aromatic N) is 2. The Kier molecular flexibility index (Phi) is 6.37. The maximum absolute atomic E-state index is 13.0. The van der Waals surface area contributed by atoms with Crippen LogP contribution in [0.1, 0.15) is 10.5 Å². The SMILES string of the molecule is COc1ccc(S(=O)(=O)NC(=O)c2cc3c(Nc4ccc(Cl)cc4)ccc([N+](=O)[O-])c3n2C)cc1. The summed E-state index contributed by atoms with van der Waals surface area (Å²) in [6.07, 6.45) is 0. The van der Waals surface area contributed by atoms with Crippen molar-refractivity contribution in [2.75, 3.05) is 12.4 Å². The van der Waals surface area contributed by atoms with Gasteiger partial charge in [-0.2, -0.15) is 0 Å². The molecule has 0 atom stereocenters. The number of ether oxygens (including phenoxy) is 1. The lowest BCUT2D eigenvalue weighted by molar-refractivity contribution is -0.383. The molecule has 0 aliphatic carbocycles. The van der Waals surface area contributed by atoms with E-state index in [2.05, 4.69) is 5.32 Å². The standard InChI is InChI=1S/C23H19ClN4O6S/c1-27-21(23(29)26-35(32,33)17-9-7-16(34-2)8-10-17)13-18-19(11-12-20(22(18)27)28(30)31)25-15-5-3-14(24)4-6-15/h3-13,25H,1-2H3,(H,26,29). The van der Waals surface area contributed by atoms with Crippen molar-refractivity contribution in [1.29, 1.82) is 0 Å². The summed E-state index contributed by atoms with van der Waals surface area (Å²) < 4.78 is 33.8. The van der Waals surface area contributed by atoms with Crippen molar-refractivity contribution in [1.82, 2.24) is 9.29 Å². The van der Waals surface area contributed by atoms with Gasteiger partial charge in [0.25, 0.3) is 21.6 Å². The molecule has 0 saturated heterocycles. The topological polar surface area (TPSA) is 133 Å². The number of fused-ring (bicyclic) bond motifs is 1. The molecule has 0 radical (unpaired) electrons. The van der Waals surface area contributed by atoms with Crippen LogP contribution in [0.25, 0.3) is 10.9 Å². The van der Waals surface area contributed by atoms with Gasteiger partial charge in [0.1, 0.15) is 17.0 Å². The van der Waals surface area contributed by atoms with Crippen molar-refractivity contribution in [2.24, 2.45) is 7.05 Å². The Bertz CT molecular complexity index is 1550. The van der Waals surface area contributed by atoms with Gasteiger partial charge in [-0.15, -0.1) is 0 Å². The number of halogens is 1. The van der Waals surface area contributed by atoms with Gasteiger partial charge in [-0.25, -0.2) is 13.1 Å². The number of aryl methyl sites for hydroxylation is 1.